The van der Waals surface area contributed by atoms with Crippen LogP contribution in [0.3, 0.4) is 0 Å². The van der Waals surface area contributed by atoms with Crippen molar-refractivity contribution in [2.45, 2.75) is 12.7 Å². The van der Waals surface area contributed by atoms with Crippen molar-refractivity contribution < 1.29 is 17.9 Å². The third-order valence-corrected chi connectivity index (χ3v) is 4.64. The Morgan fingerprint density at radius 3 is 2.73 bits per heavy atom. The van der Waals surface area contributed by atoms with E-state index in [9.17, 15) is 22.8 Å². The average molecular weight is 475 g/mol. The van der Waals surface area contributed by atoms with E-state index < -0.39 is 28.7 Å². The second-order valence-electron chi connectivity index (χ2n) is 6.64. The number of ether oxygens (including phenoxy) is 1. The maximum Gasteiger partial charge on any atom is 0.437 e. The van der Waals surface area contributed by atoms with Gasteiger partial charge in [-0.1, -0.05) is 11.6 Å². The number of benzene rings is 1. The monoisotopic (exact) mass is 474 g/mol. The van der Waals surface area contributed by atoms with Crippen LogP contribution in [0, 0.1) is 11.3 Å². The Morgan fingerprint density at radius 1 is 1.21 bits per heavy atom. The van der Waals surface area contributed by atoms with E-state index in [0.29, 0.717) is 6.33 Å². The van der Waals surface area contributed by atoms with Gasteiger partial charge < -0.3 is 4.74 Å². The summed E-state index contributed by atoms with van der Waals surface area (Å²) < 4.78 is 46.7. The van der Waals surface area contributed by atoms with Crippen LogP contribution in [0.25, 0.3) is 10.9 Å². The van der Waals surface area contributed by atoms with Crippen molar-refractivity contribution in [3.63, 3.8) is 0 Å². The fourth-order valence-corrected chi connectivity index (χ4v) is 3.23. The number of nitrogens with one attached hydrogen (secondary N) is 1. The van der Waals surface area contributed by atoms with Crippen molar-refractivity contribution in [3.8, 4) is 17.6 Å². The molecule has 1 aromatic carbocycles. The third kappa shape index (κ3) is 4.39. The van der Waals surface area contributed by atoms with Crippen molar-refractivity contribution in [3.05, 3.63) is 85.5 Å². The van der Waals surface area contributed by atoms with Crippen molar-refractivity contribution in [2.24, 2.45) is 0 Å². The molecule has 0 aliphatic carbocycles. The van der Waals surface area contributed by atoms with Gasteiger partial charge in [0.15, 0.2) is 5.69 Å². The predicted molar refractivity (Wildman–Crippen MR) is 109 cm³/mol. The van der Waals surface area contributed by atoms with Gasteiger partial charge in [-0.3, -0.25) is 19.1 Å². The molecule has 0 saturated carbocycles. The number of alkyl halides is 3. The van der Waals surface area contributed by atoms with Gasteiger partial charge in [-0.05, 0) is 30.3 Å². The van der Waals surface area contributed by atoms with Crippen molar-refractivity contribution >= 4 is 22.5 Å². The molecule has 4 rings (SSSR count). The smallest absolute Gasteiger partial charge is 0.437 e. The number of nitriles is 1. The van der Waals surface area contributed by atoms with Crippen molar-refractivity contribution in [2.75, 3.05) is 0 Å². The molecular weight excluding hydrogens is 465 g/mol. The average Bonchev–Trinajstić information content (AvgIpc) is 2.77. The van der Waals surface area contributed by atoms with Crippen molar-refractivity contribution in [1.82, 2.24) is 24.7 Å². The Labute approximate surface area is 186 Å². The molecule has 9 nitrogen and oxygen atoms in total. The molecule has 0 atom stereocenters. The van der Waals surface area contributed by atoms with Crippen LogP contribution in [0.1, 0.15) is 17.0 Å². The highest BCUT2D eigenvalue weighted by Gasteiger charge is 2.39. The molecule has 0 aliphatic rings. The Hall–Kier alpha value is -4.24. The summed E-state index contributed by atoms with van der Waals surface area (Å²) in [6, 6.07) is 8.36. The summed E-state index contributed by atoms with van der Waals surface area (Å²) >= 11 is 5.87. The van der Waals surface area contributed by atoms with Gasteiger partial charge in [0.1, 0.15) is 17.0 Å². The molecule has 0 aliphatic heterocycles. The fraction of sp³-hybridized carbons (Fsp3) is 0.100. The molecule has 3 aromatic heterocycles. The van der Waals surface area contributed by atoms with Gasteiger partial charge in [-0.15, -0.1) is 0 Å². The van der Waals surface area contributed by atoms with Crippen molar-refractivity contribution in [1.29, 1.82) is 5.26 Å². The number of aromatic amines is 1. The van der Waals surface area contributed by atoms with Gasteiger partial charge in [0.2, 0.25) is 5.75 Å². The highest BCUT2D eigenvalue weighted by atomic mass is 35.5. The summed E-state index contributed by atoms with van der Waals surface area (Å²) in [5.74, 6) is -1.37. The second kappa shape index (κ2) is 8.36. The number of hydrogen-bond acceptors (Lipinski definition) is 7. The largest absolute Gasteiger partial charge is 0.449 e. The zero-order valence-electron chi connectivity index (χ0n) is 16.2. The molecule has 0 amide bonds. The molecule has 0 fully saturated rings. The van der Waals surface area contributed by atoms with Crippen LogP contribution in [-0.4, -0.2) is 24.7 Å². The molecule has 0 unspecified atom stereocenters. The lowest BCUT2D eigenvalue weighted by atomic mass is 10.2. The highest BCUT2D eigenvalue weighted by Crippen LogP contribution is 2.35. The molecule has 0 bridgehead atoms. The number of H-pyrrole nitrogens is 1. The predicted octanol–water partition coefficient (Wildman–Crippen LogP) is 3.26. The Bertz CT molecular complexity index is 1540. The number of pyridine rings is 1. The van der Waals surface area contributed by atoms with Crippen LogP contribution in [0.15, 0.2) is 52.4 Å². The minimum absolute atomic E-state index is 0.0188. The quantitative estimate of drug-likeness (QED) is 0.481. The van der Waals surface area contributed by atoms with E-state index >= 15 is 0 Å². The first kappa shape index (κ1) is 22.0. The fourth-order valence-electron chi connectivity index (χ4n) is 3.00. The van der Waals surface area contributed by atoms with E-state index in [2.05, 4.69) is 20.2 Å². The van der Waals surface area contributed by atoms with Crippen LogP contribution in [0.2, 0.25) is 5.02 Å². The van der Waals surface area contributed by atoms with Gasteiger partial charge in [0.05, 0.1) is 29.9 Å². The van der Waals surface area contributed by atoms with E-state index in [-0.39, 0.29) is 39.5 Å². The number of nitrogens with zero attached hydrogens (tertiary/aromatic N) is 5. The van der Waals surface area contributed by atoms with E-state index in [0.717, 1.165) is 16.7 Å². The zero-order valence-corrected chi connectivity index (χ0v) is 17.0. The van der Waals surface area contributed by atoms with E-state index in [4.69, 9.17) is 21.6 Å². The van der Waals surface area contributed by atoms with Gasteiger partial charge >= 0.3 is 6.18 Å². The molecule has 3 heterocycles. The minimum atomic E-state index is -5.01. The number of rotatable bonds is 4. The molecule has 0 saturated heterocycles. The minimum Gasteiger partial charge on any atom is -0.449 e. The first-order valence-electron chi connectivity index (χ1n) is 9.05. The van der Waals surface area contributed by atoms with Gasteiger partial charge in [0, 0.05) is 11.2 Å². The summed E-state index contributed by atoms with van der Waals surface area (Å²) in [5, 5.41) is 15.4. The van der Waals surface area contributed by atoms with Crippen LogP contribution in [0.4, 0.5) is 13.2 Å². The molecule has 0 radical (unpaired) electrons. The van der Waals surface area contributed by atoms with Crippen LogP contribution in [-0.2, 0) is 12.7 Å². The lowest BCUT2D eigenvalue weighted by molar-refractivity contribution is -0.142. The molecule has 0 spiro atoms. The number of aromatic nitrogens is 5. The molecule has 4 aromatic rings. The van der Waals surface area contributed by atoms with Gasteiger partial charge in [0.25, 0.3) is 11.1 Å². The Kier molecular flexibility index (Phi) is 5.57. The molecule has 166 valence electrons. The third-order valence-electron chi connectivity index (χ3n) is 4.42. The number of fused-ring (bicyclic) bond motifs is 1. The molecule has 1 N–H and O–H groups in total. The van der Waals surface area contributed by atoms with Crippen LogP contribution in [0.5, 0.6) is 11.5 Å². The second-order valence-corrected chi connectivity index (χ2v) is 7.08. The summed E-state index contributed by atoms with van der Waals surface area (Å²) in [7, 11) is 0. The van der Waals surface area contributed by atoms with E-state index in [1.807, 2.05) is 0 Å². The first-order valence-corrected chi connectivity index (χ1v) is 9.42. The topological polar surface area (TPSA) is 127 Å². The molecular formula is C20H10ClF3N6O3. The molecule has 13 heteroatoms. The van der Waals surface area contributed by atoms with E-state index in [1.54, 1.807) is 6.07 Å². The van der Waals surface area contributed by atoms with Crippen LogP contribution >= 0.6 is 11.6 Å². The SMILES string of the molecule is N#Cc1cc(Cl)cc(Oc2c(C(F)(F)F)ncn(Cc3n[nH]c(=O)c4cccnc34)c2=O)c1. The highest BCUT2D eigenvalue weighted by molar-refractivity contribution is 6.30. The summed E-state index contributed by atoms with van der Waals surface area (Å²) in [4.78, 5) is 32.3. The van der Waals surface area contributed by atoms with Gasteiger partial charge in [-0.2, -0.15) is 23.5 Å². The summed E-state index contributed by atoms with van der Waals surface area (Å²) in [5.41, 5.74) is -2.94. The normalized spacial score (nSPS) is 11.4. The van der Waals surface area contributed by atoms with Crippen LogP contribution < -0.4 is 15.9 Å². The standard InChI is InChI=1S/C20H10ClF3N6O3/c21-11-4-10(7-25)5-12(6-11)33-16-17(20(22,23)24)27-9-30(19(16)32)8-14-15-13(2-1-3-26-15)18(31)29-28-14/h1-6,9H,8H2,(H,29,31). The number of hydrogen-bond donors (Lipinski definition) is 1. The first-order chi connectivity index (χ1) is 15.7. The van der Waals surface area contributed by atoms with Gasteiger partial charge in [-0.25, -0.2) is 10.1 Å². The maximum absolute atomic E-state index is 13.5. The Balaban J connectivity index is 1.84. The zero-order chi connectivity index (χ0) is 23.8. The lowest BCUT2D eigenvalue weighted by Crippen LogP contribution is -2.27. The lowest BCUT2D eigenvalue weighted by Gasteiger charge is -2.15. The summed E-state index contributed by atoms with van der Waals surface area (Å²) in [6.07, 6.45) is -2.91. The molecule has 33 heavy (non-hydrogen) atoms. The maximum atomic E-state index is 13.5. The Morgan fingerprint density at radius 2 is 2.00 bits per heavy atom. The summed E-state index contributed by atoms with van der Waals surface area (Å²) in [6.45, 7) is -0.358. The number of halogens is 4. The van der Waals surface area contributed by atoms with E-state index in [1.165, 1.54) is 24.4 Å².